The van der Waals surface area contributed by atoms with Crippen molar-refractivity contribution in [2.24, 2.45) is 11.8 Å². The fourth-order valence-corrected chi connectivity index (χ4v) is 6.20. The van der Waals surface area contributed by atoms with Gasteiger partial charge in [0.25, 0.3) is 0 Å². The molecule has 0 spiro atoms. The van der Waals surface area contributed by atoms with Gasteiger partial charge in [-0.25, -0.2) is 0 Å². The number of likely N-dealkylation sites (N-methyl/N-ethyl adjacent to an activating group) is 1. The minimum atomic E-state index is -0.129. The fraction of sp³-hybridized carbons (Fsp3) is 0.741. The Morgan fingerprint density at radius 3 is 2.56 bits per heavy atom. The van der Waals surface area contributed by atoms with Gasteiger partial charge in [0.05, 0.1) is 6.04 Å². The van der Waals surface area contributed by atoms with Crippen LogP contribution in [0, 0.1) is 11.8 Å². The summed E-state index contributed by atoms with van der Waals surface area (Å²) in [6, 6.07) is 11.7. The van der Waals surface area contributed by atoms with E-state index in [0.29, 0.717) is 12.0 Å². The van der Waals surface area contributed by atoms with Crippen molar-refractivity contribution >= 4 is 5.91 Å². The molecule has 0 unspecified atom stereocenters. The minimum absolute atomic E-state index is 0.129. The number of nitrogens with zero attached hydrogens (tertiary/aromatic N) is 2. The number of amides is 1. The zero-order valence-corrected chi connectivity index (χ0v) is 20.3. The third-order valence-electron chi connectivity index (χ3n) is 8.43. The van der Waals surface area contributed by atoms with Crippen LogP contribution in [0.15, 0.2) is 30.3 Å². The molecule has 4 rings (SSSR count). The SMILES string of the molecule is CN[C@@H](C)C(=O)N[C@H](CN1CC[C@H]2CCN(CCc3ccccc3)C[C@H]21)C1CCCCC1. The van der Waals surface area contributed by atoms with Gasteiger partial charge in [0.1, 0.15) is 0 Å². The van der Waals surface area contributed by atoms with Gasteiger partial charge in [-0.2, -0.15) is 0 Å². The van der Waals surface area contributed by atoms with Crippen molar-refractivity contribution in [2.45, 2.75) is 76.4 Å². The molecule has 0 bridgehead atoms. The predicted molar refractivity (Wildman–Crippen MR) is 132 cm³/mol. The highest BCUT2D eigenvalue weighted by Gasteiger charge is 2.40. The molecule has 4 atom stereocenters. The maximum absolute atomic E-state index is 12.8. The Morgan fingerprint density at radius 1 is 1.06 bits per heavy atom. The van der Waals surface area contributed by atoms with E-state index in [4.69, 9.17) is 0 Å². The van der Waals surface area contributed by atoms with Gasteiger partial charge in [0.15, 0.2) is 0 Å². The molecular formula is C27H44N4O. The second-order valence-electron chi connectivity index (χ2n) is 10.5. The maximum Gasteiger partial charge on any atom is 0.237 e. The lowest BCUT2D eigenvalue weighted by atomic mass is 9.83. The Labute approximate surface area is 195 Å². The number of carbonyl (C=O) groups is 1. The van der Waals surface area contributed by atoms with Gasteiger partial charge in [-0.15, -0.1) is 0 Å². The quantitative estimate of drug-likeness (QED) is 0.619. The third kappa shape index (κ3) is 6.12. The van der Waals surface area contributed by atoms with Gasteiger partial charge in [-0.1, -0.05) is 49.6 Å². The fourth-order valence-electron chi connectivity index (χ4n) is 6.20. The van der Waals surface area contributed by atoms with Crippen LogP contribution in [0.1, 0.15) is 57.4 Å². The summed E-state index contributed by atoms with van der Waals surface area (Å²) in [5.41, 5.74) is 1.44. The van der Waals surface area contributed by atoms with E-state index in [0.717, 1.165) is 25.4 Å². The Morgan fingerprint density at radius 2 is 1.81 bits per heavy atom. The number of carbonyl (C=O) groups excluding carboxylic acids is 1. The highest BCUT2D eigenvalue weighted by atomic mass is 16.2. The third-order valence-corrected chi connectivity index (χ3v) is 8.43. The van der Waals surface area contributed by atoms with Gasteiger partial charge in [-0.3, -0.25) is 9.69 Å². The molecule has 3 aliphatic rings. The number of hydrogen-bond acceptors (Lipinski definition) is 4. The molecule has 2 N–H and O–H groups in total. The highest BCUT2D eigenvalue weighted by molar-refractivity contribution is 5.81. The summed E-state index contributed by atoms with van der Waals surface area (Å²) in [5, 5.41) is 6.57. The highest BCUT2D eigenvalue weighted by Crippen LogP contribution is 2.34. The van der Waals surface area contributed by atoms with Crippen molar-refractivity contribution in [1.82, 2.24) is 20.4 Å². The van der Waals surface area contributed by atoms with Crippen molar-refractivity contribution in [1.29, 1.82) is 0 Å². The minimum Gasteiger partial charge on any atom is -0.350 e. The molecule has 5 nitrogen and oxygen atoms in total. The first-order valence-electron chi connectivity index (χ1n) is 13.1. The summed E-state index contributed by atoms with van der Waals surface area (Å²) in [7, 11) is 1.87. The molecule has 0 aromatic heterocycles. The monoisotopic (exact) mass is 440 g/mol. The normalized spacial score (nSPS) is 27.1. The van der Waals surface area contributed by atoms with E-state index in [-0.39, 0.29) is 18.0 Å². The standard InChI is InChI=1S/C27H44N4O/c1-21(28-2)27(32)29-25(23-11-7-4-8-12-23)19-31-18-15-24-14-17-30(20-26(24)31)16-13-22-9-5-3-6-10-22/h3,5-6,9-10,21,23-26,28H,4,7-8,11-20H2,1-2H3,(H,29,32)/t21-,24+,25+,26+/m0/s1. The van der Waals surface area contributed by atoms with Gasteiger partial charge in [-0.05, 0) is 76.6 Å². The van der Waals surface area contributed by atoms with Crippen LogP contribution < -0.4 is 10.6 Å². The molecule has 1 aliphatic carbocycles. The van der Waals surface area contributed by atoms with Crippen LogP contribution in [-0.4, -0.2) is 73.6 Å². The topological polar surface area (TPSA) is 47.6 Å². The van der Waals surface area contributed by atoms with Crippen molar-refractivity contribution in [3.63, 3.8) is 0 Å². The number of hydrogen-bond donors (Lipinski definition) is 2. The van der Waals surface area contributed by atoms with E-state index in [1.807, 2.05) is 14.0 Å². The largest absolute Gasteiger partial charge is 0.350 e. The smallest absolute Gasteiger partial charge is 0.237 e. The average molecular weight is 441 g/mol. The van der Waals surface area contributed by atoms with E-state index >= 15 is 0 Å². The molecule has 5 heteroatoms. The molecule has 1 aromatic carbocycles. The van der Waals surface area contributed by atoms with Crippen LogP contribution in [-0.2, 0) is 11.2 Å². The van der Waals surface area contributed by atoms with E-state index in [9.17, 15) is 4.79 Å². The number of nitrogens with one attached hydrogen (secondary N) is 2. The Kier molecular flexibility index (Phi) is 8.62. The summed E-state index contributed by atoms with van der Waals surface area (Å²) < 4.78 is 0. The summed E-state index contributed by atoms with van der Waals surface area (Å²) in [5.74, 6) is 1.63. The van der Waals surface area contributed by atoms with Crippen LogP contribution in [0.3, 0.4) is 0 Å². The number of fused-ring (bicyclic) bond motifs is 1. The Hall–Kier alpha value is -1.43. The molecule has 2 aliphatic heterocycles. The molecule has 2 saturated heterocycles. The molecule has 32 heavy (non-hydrogen) atoms. The lowest BCUT2D eigenvalue weighted by Gasteiger charge is -2.41. The first-order chi connectivity index (χ1) is 15.6. The van der Waals surface area contributed by atoms with Crippen molar-refractivity contribution in [3.05, 3.63) is 35.9 Å². The van der Waals surface area contributed by atoms with Gasteiger partial charge in [0.2, 0.25) is 5.91 Å². The Bertz CT molecular complexity index is 705. The molecule has 1 aromatic rings. The zero-order valence-electron chi connectivity index (χ0n) is 20.3. The van der Waals surface area contributed by atoms with Crippen molar-refractivity contribution < 1.29 is 4.79 Å². The maximum atomic E-state index is 12.8. The predicted octanol–water partition coefficient (Wildman–Crippen LogP) is 3.30. The zero-order chi connectivity index (χ0) is 22.3. The first-order valence-corrected chi connectivity index (χ1v) is 13.1. The van der Waals surface area contributed by atoms with Crippen LogP contribution in [0.25, 0.3) is 0 Å². The number of piperidine rings is 1. The van der Waals surface area contributed by atoms with Crippen LogP contribution >= 0.6 is 0 Å². The van der Waals surface area contributed by atoms with Crippen molar-refractivity contribution in [2.75, 3.05) is 39.8 Å². The van der Waals surface area contributed by atoms with E-state index in [2.05, 4.69) is 50.8 Å². The molecule has 178 valence electrons. The lowest BCUT2D eigenvalue weighted by molar-refractivity contribution is -0.124. The number of rotatable bonds is 9. The average Bonchev–Trinajstić information content (AvgIpc) is 3.24. The molecular weight excluding hydrogens is 396 g/mol. The number of benzene rings is 1. The van der Waals surface area contributed by atoms with Crippen LogP contribution in [0.5, 0.6) is 0 Å². The van der Waals surface area contributed by atoms with Gasteiger partial charge >= 0.3 is 0 Å². The molecule has 1 amide bonds. The van der Waals surface area contributed by atoms with Crippen molar-refractivity contribution in [3.8, 4) is 0 Å². The lowest BCUT2D eigenvalue weighted by Crippen LogP contribution is -2.55. The van der Waals surface area contributed by atoms with Crippen LogP contribution in [0.2, 0.25) is 0 Å². The van der Waals surface area contributed by atoms with Gasteiger partial charge in [0, 0.05) is 31.7 Å². The second-order valence-corrected chi connectivity index (χ2v) is 10.5. The first kappa shape index (κ1) is 23.7. The molecule has 0 radical (unpaired) electrons. The Balaban J connectivity index is 1.36. The molecule has 3 fully saturated rings. The summed E-state index contributed by atoms with van der Waals surface area (Å²) in [6.45, 7) is 7.78. The van der Waals surface area contributed by atoms with E-state index < -0.39 is 0 Å². The van der Waals surface area contributed by atoms with E-state index in [1.165, 1.54) is 70.1 Å². The molecule has 1 saturated carbocycles. The summed E-state index contributed by atoms with van der Waals surface area (Å²) in [4.78, 5) is 18.2. The second kappa shape index (κ2) is 11.6. The van der Waals surface area contributed by atoms with Gasteiger partial charge < -0.3 is 15.5 Å². The molecule has 2 heterocycles. The van der Waals surface area contributed by atoms with E-state index in [1.54, 1.807) is 0 Å². The summed E-state index contributed by atoms with van der Waals surface area (Å²) >= 11 is 0. The van der Waals surface area contributed by atoms with Crippen LogP contribution in [0.4, 0.5) is 0 Å². The number of likely N-dealkylation sites (tertiary alicyclic amines) is 2. The summed E-state index contributed by atoms with van der Waals surface area (Å²) in [6.07, 6.45) is 10.3.